The SMILES string of the molecule is Brc1ccc2c(c1)CCC2NCc1ccccc1Br. The van der Waals surface area contributed by atoms with Gasteiger partial charge in [-0.05, 0) is 47.7 Å². The summed E-state index contributed by atoms with van der Waals surface area (Å²) in [7, 11) is 0. The second-order valence-electron chi connectivity index (χ2n) is 4.91. The first kappa shape index (κ1) is 13.3. The fourth-order valence-electron chi connectivity index (χ4n) is 2.67. The molecule has 3 rings (SSSR count). The summed E-state index contributed by atoms with van der Waals surface area (Å²) in [5.41, 5.74) is 4.24. The molecular weight excluding hydrogens is 366 g/mol. The Balaban J connectivity index is 1.72. The van der Waals surface area contributed by atoms with E-state index in [1.54, 1.807) is 0 Å². The molecule has 0 aromatic heterocycles. The number of rotatable bonds is 3. The summed E-state index contributed by atoms with van der Waals surface area (Å²) in [5.74, 6) is 0. The largest absolute Gasteiger partial charge is 0.306 e. The molecule has 98 valence electrons. The number of hydrogen-bond acceptors (Lipinski definition) is 1. The van der Waals surface area contributed by atoms with Gasteiger partial charge in [0.1, 0.15) is 0 Å². The highest BCUT2D eigenvalue weighted by molar-refractivity contribution is 9.10. The van der Waals surface area contributed by atoms with Gasteiger partial charge < -0.3 is 5.32 Å². The molecule has 0 aliphatic heterocycles. The van der Waals surface area contributed by atoms with Crippen LogP contribution in [0.3, 0.4) is 0 Å². The summed E-state index contributed by atoms with van der Waals surface area (Å²) in [6.07, 6.45) is 2.36. The lowest BCUT2D eigenvalue weighted by atomic mass is 10.1. The van der Waals surface area contributed by atoms with E-state index in [2.05, 4.69) is 79.6 Å². The Morgan fingerprint density at radius 1 is 1.11 bits per heavy atom. The topological polar surface area (TPSA) is 12.0 Å². The van der Waals surface area contributed by atoms with Gasteiger partial charge in [-0.25, -0.2) is 0 Å². The molecule has 0 radical (unpaired) electrons. The van der Waals surface area contributed by atoms with Crippen molar-refractivity contribution < 1.29 is 0 Å². The smallest absolute Gasteiger partial charge is 0.0329 e. The van der Waals surface area contributed by atoms with Crippen LogP contribution in [0.4, 0.5) is 0 Å². The summed E-state index contributed by atoms with van der Waals surface area (Å²) in [6.45, 7) is 0.904. The third-order valence-corrected chi connectivity index (χ3v) is 4.95. The Morgan fingerprint density at radius 3 is 2.79 bits per heavy atom. The van der Waals surface area contributed by atoms with Gasteiger partial charge in [0.15, 0.2) is 0 Å². The highest BCUT2D eigenvalue weighted by Gasteiger charge is 2.21. The third-order valence-electron chi connectivity index (χ3n) is 3.68. The Kier molecular flexibility index (Phi) is 4.06. The van der Waals surface area contributed by atoms with Crippen molar-refractivity contribution >= 4 is 31.9 Å². The molecule has 0 spiro atoms. The number of fused-ring (bicyclic) bond motifs is 1. The fraction of sp³-hybridized carbons (Fsp3) is 0.250. The maximum atomic E-state index is 3.67. The molecule has 2 aromatic rings. The minimum absolute atomic E-state index is 0.482. The molecule has 0 bridgehead atoms. The van der Waals surface area contributed by atoms with Gasteiger partial charge in [0.05, 0.1) is 0 Å². The summed E-state index contributed by atoms with van der Waals surface area (Å²) in [5, 5.41) is 3.67. The van der Waals surface area contributed by atoms with E-state index >= 15 is 0 Å². The fourth-order valence-corrected chi connectivity index (χ4v) is 3.51. The predicted octanol–water partition coefficient (Wildman–Crippen LogP) is 4.99. The molecule has 0 amide bonds. The molecule has 1 N–H and O–H groups in total. The highest BCUT2D eigenvalue weighted by atomic mass is 79.9. The summed E-state index contributed by atoms with van der Waals surface area (Å²) < 4.78 is 2.36. The van der Waals surface area contributed by atoms with Crippen molar-refractivity contribution in [3.63, 3.8) is 0 Å². The number of aryl methyl sites for hydroxylation is 1. The lowest BCUT2D eigenvalue weighted by Gasteiger charge is -2.15. The van der Waals surface area contributed by atoms with Crippen LogP contribution in [0.5, 0.6) is 0 Å². The van der Waals surface area contributed by atoms with Gasteiger partial charge >= 0.3 is 0 Å². The Labute approximate surface area is 130 Å². The molecule has 1 aliphatic carbocycles. The summed E-state index contributed by atoms with van der Waals surface area (Å²) in [6, 6.07) is 15.5. The number of nitrogens with one attached hydrogen (secondary N) is 1. The molecule has 1 aliphatic rings. The number of halogens is 2. The first-order valence-electron chi connectivity index (χ1n) is 6.49. The third kappa shape index (κ3) is 2.93. The Bertz CT molecular complexity index is 595. The van der Waals surface area contributed by atoms with Crippen LogP contribution >= 0.6 is 31.9 Å². The summed E-state index contributed by atoms with van der Waals surface area (Å²) in [4.78, 5) is 0. The second-order valence-corrected chi connectivity index (χ2v) is 6.68. The van der Waals surface area contributed by atoms with Crippen LogP contribution < -0.4 is 5.32 Å². The van der Waals surface area contributed by atoms with Gasteiger partial charge in [0.25, 0.3) is 0 Å². The maximum absolute atomic E-state index is 3.67. The lowest BCUT2D eigenvalue weighted by Crippen LogP contribution is -2.18. The minimum atomic E-state index is 0.482. The molecule has 0 saturated heterocycles. The monoisotopic (exact) mass is 379 g/mol. The molecule has 1 atom stereocenters. The molecule has 1 unspecified atom stereocenters. The van der Waals surface area contributed by atoms with Crippen LogP contribution in [-0.4, -0.2) is 0 Å². The Morgan fingerprint density at radius 2 is 1.95 bits per heavy atom. The molecule has 1 nitrogen and oxygen atoms in total. The molecule has 0 fully saturated rings. The van der Waals surface area contributed by atoms with Crippen molar-refractivity contribution in [2.45, 2.75) is 25.4 Å². The standard InChI is InChI=1S/C16H15Br2N/c17-13-6-7-14-11(9-13)5-8-16(14)19-10-12-3-1-2-4-15(12)18/h1-4,6-7,9,16,19H,5,8,10H2. The average Bonchev–Trinajstić information content (AvgIpc) is 2.80. The maximum Gasteiger partial charge on any atom is 0.0329 e. The van der Waals surface area contributed by atoms with Crippen LogP contribution in [-0.2, 0) is 13.0 Å². The van der Waals surface area contributed by atoms with Crippen molar-refractivity contribution in [3.8, 4) is 0 Å². The van der Waals surface area contributed by atoms with Gasteiger partial charge in [-0.15, -0.1) is 0 Å². The number of benzene rings is 2. The van der Waals surface area contributed by atoms with Gasteiger partial charge in [-0.2, -0.15) is 0 Å². The van der Waals surface area contributed by atoms with E-state index in [4.69, 9.17) is 0 Å². The van der Waals surface area contributed by atoms with Crippen molar-refractivity contribution in [1.29, 1.82) is 0 Å². The van der Waals surface area contributed by atoms with Gasteiger partial charge in [-0.3, -0.25) is 0 Å². The quantitative estimate of drug-likeness (QED) is 0.790. The van der Waals surface area contributed by atoms with E-state index in [-0.39, 0.29) is 0 Å². The molecule has 19 heavy (non-hydrogen) atoms. The van der Waals surface area contributed by atoms with Crippen molar-refractivity contribution in [2.75, 3.05) is 0 Å². The van der Waals surface area contributed by atoms with E-state index in [1.807, 2.05) is 0 Å². The highest BCUT2D eigenvalue weighted by Crippen LogP contribution is 2.33. The zero-order valence-corrected chi connectivity index (χ0v) is 13.7. The van der Waals surface area contributed by atoms with E-state index < -0.39 is 0 Å². The molecule has 0 saturated carbocycles. The van der Waals surface area contributed by atoms with E-state index in [1.165, 1.54) is 38.5 Å². The van der Waals surface area contributed by atoms with E-state index in [0.717, 1.165) is 6.54 Å². The summed E-state index contributed by atoms with van der Waals surface area (Å²) >= 11 is 7.14. The van der Waals surface area contributed by atoms with Crippen LogP contribution in [0.25, 0.3) is 0 Å². The van der Waals surface area contributed by atoms with Crippen LogP contribution in [0.1, 0.15) is 29.2 Å². The molecule has 0 heterocycles. The average molecular weight is 381 g/mol. The first-order chi connectivity index (χ1) is 9.24. The second kappa shape index (κ2) is 5.78. The van der Waals surface area contributed by atoms with Crippen molar-refractivity contribution in [3.05, 3.63) is 68.1 Å². The normalized spacial score (nSPS) is 17.5. The van der Waals surface area contributed by atoms with Gasteiger partial charge in [0.2, 0.25) is 0 Å². The van der Waals surface area contributed by atoms with Crippen LogP contribution in [0, 0.1) is 0 Å². The van der Waals surface area contributed by atoms with E-state index in [0.29, 0.717) is 6.04 Å². The van der Waals surface area contributed by atoms with Gasteiger partial charge in [-0.1, -0.05) is 56.1 Å². The minimum Gasteiger partial charge on any atom is -0.306 e. The van der Waals surface area contributed by atoms with Crippen molar-refractivity contribution in [1.82, 2.24) is 5.32 Å². The molecule has 2 aromatic carbocycles. The van der Waals surface area contributed by atoms with Crippen molar-refractivity contribution in [2.24, 2.45) is 0 Å². The zero-order chi connectivity index (χ0) is 13.2. The number of hydrogen-bond donors (Lipinski definition) is 1. The van der Waals surface area contributed by atoms with Crippen LogP contribution in [0.15, 0.2) is 51.4 Å². The first-order valence-corrected chi connectivity index (χ1v) is 8.08. The predicted molar refractivity (Wildman–Crippen MR) is 86.2 cm³/mol. The lowest BCUT2D eigenvalue weighted by molar-refractivity contribution is 0.529. The molecular formula is C16H15Br2N. The van der Waals surface area contributed by atoms with E-state index in [9.17, 15) is 0 Å². The van der Waals surface area contributed by atoms with Gasteiger partial charge in [0, 0.05) is 21.5 Å². The Hall–Kier alpha value is -0.640. The zero-order valence-electron chi connectivity index (χ0n) is 10.5. The molecule has 3 heteroatoms. The van der Waals surface area contributed by atoms with Crippen LogP contribution in [0.2, 0.25) is 0 Å².